The third-order valence-electron chi connectivity index (χ3n) is 8.20. The Morgan fingerprint density at radius 1 is 1.11 bits per heavy atom. The van der Waals surface area contributed by atoms with Gasteiger partial charge in [-0.25, -0.2) is 27.8 Å². The fourth-order valence-corrected chi connectivity index (χ4v) is 7.46. The molecule has 3 fully saturated rings. The van der Waals surface area contributed by atoms with E-state index in [2.05, 4.69) is 34.1 Å². The lowest BCUT2D eigenvalue weighted by Gasteiger charge is -2.55. The molecule has 0 amide bonds. The van der Waals surface area contributed by atoms with Crippen molar-refractivity contribution >= 4 is 44.0 Å². The summed E-state index contributed by atoms with van der Waals surface area (Å²) in [5.41, 5.74) is -0.666. The van der Waals surface area contributed by atoms with Gasteiger partial charge in [0.15, 0.2) is 15.5 Å². The summed E-state index contributed by atoms with van der Waals surface area (Å²) in [6.07, 6.45) is 5.27. The SMILES string of the molecule is CC(C)c1cnc(N2CC3(CCS3(=O)=O)C2)c2cnc(Nc3ccnc(N4CC[C@@H](O)[C@@](C)(F)C4)n3)cc12. The van der Waals surface area contributed by atoms with Crippen LogP contribution in [0.15, 0.2) is 30.7 Å². The Morgan fingerprint density at radius 2 is 1.89 bits per heavy atom. The topological polar surface area (TPSA) is 124 Å². The number of aromatic nitrogens is 4. The zero-order chi connectivity index (χ0) is 26.9. The molecular weight excluding hydrogens is 509 g/mol. The summed E-state index contributed by atoms with van der Waals surface area (Å²) in [6.45, 7) is 7.01. The Hall–Kier alpha value is -3.12. The van der Waals surface area contributed by atoms with Crippen molar-refractivity contribution in [2.75, 3.05) is 47.0 Å². The van der Waals surface area contributed by atoms with Crippen LogP contribution < -0.4 is 15.1 Å². The standard InChI is InChI=1S/C26H32FN7O3S/c1-16(2)18-11-30-23(34-14-26(15-34)6-9-38(26,36)37)19-12-29-22(10-17(18)19)31-21-4-7-28-24(32-21)33-8-5-20(35)25(3,27)13-33/h4,7,10-12,16,20,35H,5-6,8-9,13-15H2,1-3H3,(H,28,29,31,32)/t20-,25+/m1/s1. The molecule has 10 nitrogen and oxygen atoms in total. The first-order valence-corrected chi connectivity index (χ1v) is 14.6. The maximum atomic E-state index is 14.7. The van der Waals surface area contributed by atoms with Gasteiger partial charge in [0.25, 0.3) is 0 Å². The highest BCUT2D eigenvalue weighted by molar-refractivity contribution is 7.94. The highest BCUT2D eigenvalue weighted by Crippen LogP contribution is 2.45. The van der Waals surface area contributed by atoms with Crippen molar-refractivity contribution in [2.24, 2.45) is 0 Å². The van der Waals surface area contributed by atoms with Gasteiger partial charge >= 0.3 is 0 Å². The molecule has 6 heterocycles. The lowest BCUT2D eigenvalue weighted by atomic mass is 9.93. The molecule has 38 heavy (non-hydrogen) atoms. The predicted octanol–water partition coefficient (Wildman–Crippen LogP) is 2.96. The first kappa shape index (κ1) is 25.2. The number of aliphatic hydroxyl groups is 1. The van der Waals surface area contributed by atoms with Crippen LogP contribution in [0.5, 0.6) is 0 Å². The first-order chi connectivity index (χ1) is 18.0. The number of alkyl halides is 1. The third kappa shape index (κ3) is 4.05. The van der Waals surface area contributed by atoms with E-state index in [4.69, 9.17) is 4.98 Å². The highest BCUT2D eigenvalue weighted by Gasteiger charge is 2.60. The van der Waals surface area contributed by atoms with Gasteiger partial charge in [-0.1, -0.05) is 13.8 Å². The molecule has 3 aliphatic heterocycles. The van der Waals surface area contributed by atoms with Gasteiger partial charge in [-0.2, -0.15) is 4.98 Å². The van der Waals surface area contributed by atoms with Crippen LogP contribution in [-0.4, -0.2) is 81.9 Å². The summed E-state index contributed by atoms with van der Waals surface area (Å²) in [4.78, 5) is 22.0. The lowest BCUT2D eigenvalue weighted by Crippen LogP contribution is -2.72. The number of anilines is 4. The molecule has 3 aromatic heterocycles. The summed E-state index contributed by atoms with van der Waals surface area (Å²) >= 11 is 0. The zero-order valence-electron chi connectivity index (χ0n) is 21.7. The molecule has 1 spiro atoms. The van der Waals surface area contributed by atoms with Crippen molar-refractivity contribution in [3.63, 3.8) is 0 Å². The number of nitrogens with zero attached hydrogens (tertiary/aromatic N) is 6. The molecule has 3 aliphatic rings. The maximum absolute atomic E-state index is 14.7. The first-order valence-electron chi connectivity index (χ1n) is 13.0. The number of hydrogen-bond acceptors (Lipinski definition) is 10. The Balaban J connectivity index is 1.28. The van der Waals surface area contributed by atoms with Gasteiger partial charge in [0.1, 0.15) is 22.2 Å². The van der Waals surface area contributed by atoms with Gasteiger partial charge in [0, 0.05) is 43.6 Å². The summed E-state index contributed by atoms with van der Waals surface area (Å²) in [5, 5.41) is 15.1. The van der Waals surface area contributed by atoms with Gasteiger partial charge in [-0.05, 0) is 48.8 Å². The largest absolute Gasteiger partial charge is 0.390 e. The molecule has 0 bridgehead atoms. The summed E-state index contributed by atoms with van der Waals surface area (Å²) in [6, 6.07) is 3.69. The second-order valence-corrected chi connectivity index (χ2v) is 13.8. The maximum Gasteiger partial charge on any atom is 0.227 e. The molecule has 3 aromatic rings. The Bertz CT molecular complexity index is 1510. The average Bonchev–Trinajstić information content (AvgIpc) is 2.84. The monoisotopic (exact) mass is 541 g/mol. The molecule has 202 valence electrons. The van der Waals surface area contributed by atoms with Crippen molar-refractivity contribution in [3.8, 4) is 0 Å². The highest BCUT2D eigenvalue weighted by atomic mass is 32.2. The van der Waals surface area contributed by atoms with Crippen LogP contribution in [0, 0.1) is 0 Å². The minimum absolute atomic E-state index is 0.0124. The van der Waals surface area contributed by atoms with E-state index in [-0.39, 0.29) is 18.2 Å². The van der Waals surface area contributed by atoms with Crippen molar-refractivity contribution in [1.29, 1.82) is 0 Å². The van der Waals surface area contributed by atoms with E-state index in [1.54, 1.807) is 23.4 Å². The lowest BCUT2D eigenvalue weighted by molar-refractivity contribution is -0.00860. The van der Waals surface area contributed by atoms with E-state index in [9.17, 15) is 17.9 Å². The second-order valence-electron chi connectivity index (χ2n) is 11.3. The summed E-state index contributed by atoms with van der Waals surface area (Å²) in [7, 11) is -3.01. The van der Waals surface area contributed by atoms with Crippen LogP contribution in [0.2, 0.25) is 0 Å². The fourth-order valence-electron chi connectivity index (χ4n) is 5.64. The van der Waals surface area contributed by atoms with E-state index < -0.39 is 26.4 Å². The van der Waals surface area contributed by atoms with E-state index in [0.29, 0.717) is 50.1 Å². The van der Waals surface area contributed by atoms with E-state index in [1.807, 2.05) is 17.2 Å². The molecule has 0 aromatic carbocycles. The van der Waals surface area contributed by atoms with Gasteiger partial charge in [-0.15, -0.1) is 0 Å². The van der Waals surface area contributed by atoms with Crippen LogP contribution in [0.3, 0.4) is 0 Å². The molecule has 2 atom stereocenters. The molecule has 0 aliphatic carbocycles. The Morgan fingerprint density at radius 3 is 2.55 bits per heavy atom. The normalized spacial score (nSPS) is 25.9. The predicted molar refractivity (Wildman–Crippen MR) is 145 cm³/mol. The number of hydrogen-bond donors (Lipinski definition) is 2. The van der Waals surface area contributed by atoms with Crippen molar-refractivity contribution in [2.45, 2.75) is 56.1 Å². The minimum atomic E-state index is -3.01. The van der Waals surface area contributed by atoms with Crippen molar-refractivity contribution < 1.29 is 17.9 Å². The van der Waals surface area contributed by atoms with Crippen LogP contribution >= 0.6 is 0 Å². The van der Waals surface area contributed by atoms with Crippen LogP contribution in [0.1, 0.15) is 45.1 Å². The quantitative estimate of drug-likeness (QED) is 0.498. The zero-order valence-corrected chi connectivity index (χ0v) is 22.5. The van der Waals surface area contributed by atoms with Gasteiger partial charge in [0.05, 0.1) is 18.4 Å². The summed E-state index contributed by atoms with van der Waals surface area (Å²) in [5.74, 6) is 2.75. The molecule has 0 unspecified atom stereocenters. The average molecular weight is 542 g/mol. The van der Waals surface area contributed by atoms with Crippen molar-refractivity contribution in [1.82, 2.24) is 19.9 Å². The van der Waals surface area contributed by atoms with Gasteiger partial charge < -0.3 is 20.2 Å². The number of piperidine rings is 1. The van der Waals surface area contributed by atoms with E-state index >= 15 is 0 Å². The number of rotatable bonds is 5. The van der Waals surface area contributed by atoms with Gasteiger partial charge in [-0.3, -0.25) is 0 Å². The molecule has 0 radical (unpaired) electrons. The second kappa shape index (κ2) is 8.70. The number of sulfone groups is 1. The molecule has 6 rings (SSSR count). The molecular formula is C26H32FN7O3S. The van der Waals surface area contributed by atoms with Crippen LogP contribution in [0.4, 0.5) is 27.8 Å². The summed E-state index contributed by atoms with van der Waals surface area (Å²) < 4.78 is 38.7. The van der Waals surface area contributed by atoms with Crippen LogP contribution in [-0.2, 0) is 9.84 Å². The fraction of sp³-hybridized carbons (Fsp3) is 0.538. The Kier molecular flexibility index (Phi) is 5.76. The minimum Gasteiger partial charge on any atom is -0.390 e. The molecule has 3 saturated heterocycles. The van der Waals surface area contributed by atoms with Crippen molar-refractivity contribution in [3.05, 3.63) is 36.3 Å². The van der Waals surface area contributed by atoms with E-state index in [1.165, 1.54) is 6.92 Å². The number of pyridine rings is 2. The third-order valence-corrected chi connectivity index (χ3v) is 10.7. The van der Waals surface area contributed by atoms with Gasteiger partial charge in [0.2, 0.25) is 5.95 Å². The smallest absolute Gasteiger partial charge is 0.227 e. The number of nitrogens with one attached hydrogen (secondary N) is 1. The molecule has 12 heteroatoms. The Labute approximate surface area is 221 Å². The number of fused-ring (bicyclic) bond motifs is 1. The van der Waals surface area contributed by atoms with E-state index in [0.717, 1.165) is 22.2 Å². The molecule has 0 saturated carbocycles. The molecule has 2 N–H and O–H groups in total. The number of halogens is 1. The van der Waals surface area contributed by atoms with Crippen LogP contribution in [0.25, 0.3) is 10.8 Å². The number of aliphatic hydroxyl groups excluding tert-OH is 1.